The van der Waals surface area contributed by atoms with Crippen LogP contribution in [0.4, 0.5) is 0 Å². The van der Waals surface area contributed by atoms with Crippen LogP contribution in [0.15, 0.2) is 35.1 Å². The normalized spacial score (nSPS) is 10.7. The molecular weight excluding hydrogens is 280 g/mol. The van der Waals surface area contributed by atoms with Gasteiger partial charge >= 0.3 is 0 Å². The number of nitrogens with two attached hydrogens (primary N) is 1. The highest BCUT2D eigenvalue weighted by atomic mass is 16.5. The number of benzene rings is 1. The summed E-state index contributed by atoms with van der Waals surface area (Å²) in [5, 5.41) is 0. The number of pyridine rings is 1. The standard InChI is InChI=1S/C17H22N2O3/c1-12-4-7-16(22-3)14(10-12)15-6-5-13(11-18)17(20)19(15)8-9-21-2/h4-7,10H,8-9,11,18H2,1-3H3. The van der Waals surface area contributed by atoms with Gasteiger partial charge in [-0.1, -0.05) is 17.7 Å². The van der Waals surface area contributed by atoms with Crippen molar-refractivity contribution in [2.24, 2.45) is 5.73 Å². The Hall–Kier alpha value is -2.11. The molecule has 0 atom stereocenters. The van der Waals surface area contributed by atoms with Gasteiger partial charge in [0.2, 0.25) is 0 Å². The zero-order valence-electron chi connectivity index (χ0n) is 13.3. The highest BCUT2D eigenvalue weighted by molar-refractivity contribution is 5.68. The quantitative estimate of drug-likeness (QED) is 0.885. The Labute approximate surface area is 130 Å². The van der Waals surface area contributed by atoms with Crippen molar-refractivity contribution in [1.82, 2.24) is 4.57 Å². The molecule has 118 valence electrons. The van der Waals surface area contributed by atoms with Gasteiger partial charge in [-0.25, -0.2) is 0 Å². The molecule has 1 heterocycles. The largest absolute Gasteiger partial charge is 0.496 e. The van der Waals surface area contributed by atoms with Crippen molar-refractivity contribution in [1.29, 1.82) is 0 Å². The van der Waals surface area contributed by atoms with E-state index in [9.17, 15) is 4.79 Å². The van der Waals surface area contributed by atoms with Crippen molar-refractivity contribution in [2.45, 2.75) is 20.0 Å². The second kappa shape index (κ2) is 7.24. The Morgan fingerprint density at radius 3 is 2.59 bits per heavy atom. The van der Waals surface area contributed by atoms with E-state index < -0.39 is 0 Å². The van der Waals surface area contributed by atoms with Gasteiger partial charge in [0.25, 0.3) is 5.56 Å². The average Bonchev–Trinajstić information content (AvgIpc) is 2.53. The summed E-state index contributed by atoms with van der Waals surface area (Å²) in [7, 11) is 3.24. The van der Waals surface area contributed by atoms with Crippen LogP contribution in [-0.4, -0.2) is 25.4 Å². The van der Waals surface area contributed by atoms with Crippen LogP contribution in [0.3, 0.4) is 0 Å². The minimum Gasteiger partial charge on any atom is -0.496 e. The van der Waals surface area contributed by atoms with Gasteiger partial charge in [-0.3, -0.25) is 4.79 Å². The number of nitrogens with zero attached hydrogens (tertiary/aromatic N) is 1. The van der Waals surface area contributed by atoms with E-state index in [0.717, 1.165) is 22.6 Å². The van der Waals surface area contributed by atoms with Crippen LogP contribution in [0.2, 0.25) is 0 Å². The van der Waals surface area contributed by atoms with Crippen molar-refractivity contribution in [2.75, 3.05) is 20.8 Å². The van der Waals surface area contributed by atoms with Crippen molar-refractivity contribution < 1.29 is 9.47 Å². The van der Waals surface area contributed by atoms with Crippen LogP contribution in [0.5, 0.6) is 5.75 Å². The maximum atomic E-state index is 12.6. The van der Waals surface area contributed by atoms with E-state index in [4.69, 9.17) is 15.2 Å². The molecule has 2 aromatic rings. The van der Waals surface area contributed by atoms with Crippen LogP contribution in [0, 0.1) is 6.92 Å². The summed E-state index contributed by atoms with van der Waals surface area (Å²) in [5.74, 6) is 0.733. The summed E-state index contributed by atoms with van der Waals surface area (Å²) in [5.41, 5.74) is 8.95. The van der Waals surface area contributed by atoms with E-state index in [1.807, 2.05) is 31.2 Å². The van der Waals surface area contributed by atoms with Gasteiger partial charge in [-0.15, -0.1) is 0 Å². The molecule has 5 nitrogen and oxygen atoms in total. The van der Waals surface area contributed by atoms with Crippen LogP contribution in [-0.2, 0) is 17.8 Å². The Balaban J connectivity index is 2.66. The molecule has 2 N–H and O–H groups in total. The molecule has 0 fully saturated rings. The molecule has 0 aliphatic rings. The summed E-state index contributed by atoms with van der Waals surface area (Å²) in [6.07, 6.45) is 0. The second-order valence-electron chi connectivity index (χ2n) is 5.10. The molecule has 0 spiro atoms. The van der Waals surface area contributed by atoms with Crippen molar-refractivity contribution in [3.8, 4) is 17.0 Å². The zero-order valence-corrected chi connectivity index (χ0v) is 13.3. The van der Waals surface area contributed by atoms with E-state index in [1.54, 1.807) is 24.9 Å². The highest BCUT2D eigenvalue weighted by Crippen LogP contribution is 2.30. The molecular formula is C17H22N2O3. The van der Waals surface area contributed by atoms with Crippen LogP contribution >= 0.6 is 0 Å². The molecule has 0 saturated heterocycles. The Kier molecular flexibility index (Phi) is 5.35. The van der Waals surface area contributed by atoms with Gasteiger partial charge < -0.3 is 19.8 Å². The van der Waals surface area contributed by atoms with Gasteiger partial charge in [0.1, 0.15) is 5.75 Å². The van der Waals surface area contributed by atoms with E-state index in [2.05, 4.69) is 0 Å². The molecule has 0 aliphatic carbocycles. The fourth-order valence-corrected chi connectivity index (χ4v) is 2.44. The van der Waals surface area contributed by atoms with E-state index >= 15 is 0 Å². The summed E-state index contributed by atoms with van der Waals surface area (Å²) >= 11 is 0. The molecule has 0 aliphatic heterocycles. The summed E-state index contributed by atoms with van der Waals surface area (Å²) in [4.78, 5) is 12.6. The van der Waals surface area contributed by atoms with Crippen molar-refractivity contribution in [3.63, 3.8) is 0 Å². The Bertz CT molecular complexity index is 708. The van der Waals surface area contributed by atoms with Crippen LogP contribution < -0.4 is 16.0 Å². The first kappa shape index (κ1) is 16.3. The predicted octanol–water partition coefficient (Wildman–Crippen LogP) is 1.94. The summed E-state index contributed by atoms with van der Waals surface area (Å²) < 4.78 is 12.3. The number of hydrogen-bond acceptors (Lipinski definition) is 4. The number of hydrogen-bond donors (Lipinski definition) is 1. The van der Waals surface area contributed by atoms with E-state index in [0.29, 0.717) is 18.7 Å². The number of aryl methyl sites for hydroxylation is 1. The van der Waals surface area contributed by atoms with Crippen LogP contribution in [0.25, 0.3) is 11.3 Å². The Morgan fingerprint density at radius 2 is 1.95 bits per heavy atom. The first-order valence-electron chi connectivity index (χ1n) is 7.19. The zero-order chi connectivity index (χ0) is 16.1. The first-order valence-corrected chi connectivity index (χ1v) is 7.19. The topological polar surface area (TPSA) is 66.5 Å². The number of aromatic nitrogens is 1. The van der Waals surface area contributed by atoms with Gasteiger partial charge in [0.05, 0.1) is 19.4 Å². The average molecular weight is 302 g/mol. The number of rotatable bonds is 6. The van der Waals surface area contributed by atoms with Gasteiger partial charge in [-0.05, 0) is 25.1 Å². The van der Waals surface area contributed by atoms with Gasteiger partial charge in [0.15, 0.2) is 0 Å². The molecule has 0 radical (unpaired) electrons. The van der Waals surface area contributed by atoms with Crippen molar-refractivity contribution in [3.05, 3.63) is 51.8 Å². The molecule has 5 heteroatoms. The van der Waals surface area contributed by atoms with Crippen LogP contribution in [0.1, 0.15) is 11.1 Å². The fourth-order valence-electron chi connectivity index (χ4n) is 2.44. The Morgan fingerprint density at radius 1 is 1.18 bits per heavy atom. The third kappa shape index (κ3) is 3.21. The monoisotopic (exact) mass is 302 g/mol. The van der Waals surface area contributed by atoms with Gasteiger partial charge in [-0.2, -0.15) is 0 Å². The van der Waals surface area contributed by atoms with E-state index in [1.165, 1.54) is 0 Å². The summed E-state index contributed by atoms with van der Waals surface area (Å²) in [6.45, 7) is 3.15. The molecule has 22 heavy (non-hydrogen) atoms. The second-order valence-corrected chi connectivity index (χ2v) is 5.10. The lowest BCUT2D eigenvalue weighted by Gasteiger charge is -2.17. The third-order valence-electron chi connectivity index (χ3n) is 3.62. The highest BCUT2D eigenvalue weighted by Gasteiger charge is 2.13. The lowest BCUT2D eigenvalue weighted by Crippen LogP contribution is -2.28. The fraction of sp³-hybridized carbons (Fsp3) is 0.353. The molecule has 0 bridgehead atoms. The minimum atomic E-state index is -0.0828. The predicted molar refractivity (Wildman–Crippen MR) is 87.2 cm³/mol. The maximum Gasteiger partial charge on any atom is 0.255 e. The molecule has 0 saturated carbocycles. The summed E-state index contributed by atoms with van der Waals surface area (Å²) in [6, 6.07) is 9.60. The molecule has 0 unspecified atom stereocenters. The molecule has 0 amide bonds. The van der Waals surface area contributed by atoms with E-state index in [-0.39, 0.29) is 12.1 Å². The smallest absolute Gasteiger partial charge is 0.255 e. The lowest BCUT2D eigenvalue weighted by molar-refractivity contribution is 0.186. The SMILES string of the molecule is COCCn1c(-c2cc(C)ccc2OC)ccc(CN)c1=O. The lowest BCUT2D eigenvalue weighted by atomic mass is 10.1. The molecule has 1 aromatic carbocycles. The van der Waals surface area contributed by atoms with Crippen molar-refractivity contribution >= 4 is 0 Å². The molecule has 2 rings (SSSR count). The number of methoxy groups -OCH3 is 2. The third-order valence-corrected chi connectivity index (χ3v) is 3.62. The number of ether oxygens (including phenoxy) is 2. The maximum absolute atomic E-state index is 12.6. The minimum absolute atomic E-state index is 0.0828. The van der Waals surface area contributed by atoms with Gasteiger partial charge in [0, 0.05) is 31.3 Å². The first-order chi connectivity index (χ1) is 10.6. The molecule has 1 aromatic heterocycles.